The molecule has 0 spiro atoms. The largest absolute Gasteiger partial charge is 0.397 e. The van der Waals surface area contributed by atoms with E-state index in [4.69, 9.17) is 17.3 Å². The summed E-state index contributed by atoms with van der Waals surface area (Å²) in [5.74, 6) is 1.78. The van der Waals surface area contributed by atoms with E-state index in [0.717, 1.165) is 18.3 Å². The van der Waals surface area contributed by atoms with Crippen molar-refractivity contribution < 1.29 is 0 Å². The number of aromatic nitrogens is 1. The van der Waals surface area contributed by atoms with E-state index in [0.29, 0.717) is 16.8 Å². The summed E-state index contributed by atoms with van der Waals surface area (Å²) < 4.78 is 0. The molecule has 2 aliphatic carbocycles. The van der Waals surface area contributed by atoms with Gasteiger partial charge in [0.25, 0.3) is 0 Å². The lowest BCUT2D eigenvalue weighted by Gasteiger charge is -2.24. The summed E-state index contributed by atoms with van der Waals surface area (Å²) in [7, 11) is 0. The van der Waals surface area contributed by atoms with Crippen molar-refractivity contribution in [1.29, 1.82) is 0 Å². The summed E-state index contributed by atoms with van der Waals surface area (Å²) in [6.07, 6.45) is 6.96. The monoisotopic (exact) mass is 237 g/mol. The van der Waals surface area contributed by atoms with Crippen LogP contribution in [0.2, 0.25) is 5.02 Å². The molecule has 2 N–H and O–H groups in total. The summed E-state index contributed by atoms with van der Waals surface area (Å²) in [6, 6.07) is 2.46. The highest BCUT2D eigenvalue weighted by atomic mass is 35.5. The van der Waals surface area contributed by atoms with Gasteiger partial charge in [0.05, 0.1) is 16.9 Å². The number of nitrogens with zero attached hydrogens (tertiary/aromatic N) is 2. The normalized spacial score (nSPS) is 19.8. The van der Waals surface area contributed by atoms with E-state index >= 15 is 0 Å². The van der Waals surface area contributed by atoms with Crippen LogP contribution in [-0.2, 0) is 0 Å². The first-order valence-corrected chi connectivity index (χ1v) is 6.29. The van der Waals surface area contributed by atoms with Gasteiger partial charge in [-0.05, 0) is 37.7 Å². The zero-order chi connectivity index (χ0) is 11.1. The molecule has 0 amide bonds. The second-order valence-electron chi connectivity index (χ2n) is 4.90. The van der Waals surface area contributed by atoms with Gasteiger partial charge in [-0.3, -0.25) is 0 Å². The van der Waals surface area contributed by atoms with Crippen molar-refractivity contribution in [2.75, 3.05) is 17.2 Å². The molecule has 1 heterocycles. The maximum Gasteiger partial charge on any atom is 0.147 e. The second kappa shape index (κ2) is 3.81. The first-order valence-electron chi connectivity index (χ1n) is 5.91. The second-order valence-corrected chi connectivity index (χ2v) is 5.31. The fraction of sp³-hybridized carbons (Fsp3) is 0.583. The smallest absolute Gasteiger partial charge is 0.147 e. The molecule has 0 aliphatic heterocycles. The minimum atomic E-state index is 0.635. The lowest BCUT2D eigenvalue weighted by molar-refractivity contribution is 0.709. The topological polar surface area (TPSA) is 42.1 Å². The Labute approximate surface area is 101 Å². The van der Waals surface area contributed by atoms with E-state index in [-0.39, 0.29) is 0 Å². The highest BCUT2D eigenvalue weighted by molar-refractivity contribution is 6.33. The van der Waals surface area contributed by atoms with Crippen molar-refractivity contribution in [3.05, 3.63) is 17.3 Å². The Morgan fingerprint density at radius 1 is 1.38 bits per heavy atom. The lowest BCUT2D eigenvalue weighted by Crippen LogP contribution is -2.29. The summed E-state index contributed by atoms with van der Waals surface area (Å²) >= 11 is 6.22. The van der Waals surface area contributed by atoms with Crippen molar-refractivity contribution in [3.8, 4) is 0 Å². The number of halogens is 1. The van der Waals surface area contributed by atoms with Crippen LogP contribution in [0.15, 0.2) is 12.3 Å². The molecular weight excluding hydrogens is 222 g/mol. The molecule has 4 heteroatoms. The predicted octanol–water partition coefficient (Wildman–Crippen LogP) is 2.70. The number of rotatable bonds is 4. The molecule has 2 saturated carbocycles. The first-order chi connectivity index (χ1) is 7.74. The van der Waals surface area contributed by atoms with Crippen LogP contribution in [0.3, 0.4) is 0 Å². The van der Waals surface area contributed by atoms with Crippen LogP contribution in [0.25, 0.3) is 0 Å². The Hall–Kier alpha value is -0.960. The Balaban J connectivity index is 1.85. The third-order valence-corrected chi connectivity index (χ3v) is 3.53. The van der Waals surface area contributed by atoms with Gasteiger partial charge in [0, 0.05) is 12.6 Å². The molecule has 0 bridgehead atoms. The number of nitrogen functional groups attached to an aromatic ring is 1. The van der Waals surface area contributed by atoms with Gasteiger partial charge in [-0.2, -0.15) is 0 Å². The predicted molar refractivity (Wildman–Crippen MR) is 66.8 cm³/mol. The van der Waals surface area contributed by atoms with Crippen LogP contribution in [-0.4, -0.2) is 17.6 Å². The molecule has 0 aromatic carbocycles. The number of pyridine rings is 1. The minimum absolute atomic E-state index is 0.635. The van der Waals surface area contributed by atoms with E-state index < -0.39 is 0 Å². The molecule has 86 valence electrons. The maximum atomic E-state index is 6.22. The average molecular weight is 238 g/mol. The van der Waals surface area contributed by atoms with Crippen LogP contribution < -0.4 is 10.6 Å². The number of hydrogen-bond donors (Lipinski definition) is 1. The Bertz CT molecular complexity index is 399. The third-order valence-electron chi connectivity index (χ3n) is 3.25. The Kier molecular flexibility index (Phi) is 2.43. The molecule has 1 aromatic rings. The van der Waals surface area contributed by atoms with Crippen LogP contribution in [0.4, 0.5) is 11.5 Å². The SMILES string of the molecule is Nc1cnc(N(CC2CC2)C2CC2)c(Cl)c1. The van der Waals surface area contributed by atoms with Crippen molar-refractivity contribution in [2.45, 2.75) is 31.7 Å². The molecule has 0 atom stereocenters. The Morgan fingerprint density at radius 3 is 2.69 bits per heavy atom. The average Bonchev–Trinajstić information content (AvgIpc) is 3.11. The van der Waals surface area contributed by atoms with E-state index in [1.165, 1.54) is 25.7 Å². The summed E-state index contributed by atoms with van der Waals surface area (Å²) in [6.45, 7) is 1.11. The molecule has 2 aliphatic rings. The van der Waals surface area contributed by atoms with Crippen molar-refractivity contribution in [3.63, 3.8) is 0 Å². The standard InChI is InChI=1S/C12H16ClN3/c13-11-5-9(14)6-15-12(11)16(10-3-4-10)7-8-1-2-8/h5-6,8,10H,1-4,7,14H2. The molecule has 0 unspecified atom stereocenters. The van der Waals surface area contributed by atoms with Crippen molar-refractivity contribution in [1.82, 2.24) is 4.98 Å². The van der Waals surface area contributed by atoms with Crippen LogP contribution in [0.1, 0.15) is 25.7 Å². The third kappa shape index (κ3) is 2.09. The highest BCUT2D eigenvalue weighted by Gasteiger charge is 2.35. The summed E-state index contributed by atoms with van der Waals surface area (Å²) in [4.78, 5) is 6.76. The van der Waals surface area contributed by atoms with Gasteiger partial charge in [-0.25, -0.2) is 4.98 Å². The van der Waals surface area contributed by atoms with E-state index in [9.17, 15) is 0 Å². The van der Waals surface area contributed by atoms with Crippen molar-refractivity contribution >= 4 is 23.1 Å². The molecule has 3 nitrogen and oxygen atoms in total. The molecule has 3 rings (SSSR count). The Morgan fingerprint density at radius 2 is 2.12 bits per heavy atom. The number of hydrogen-bond acceptors (Lipinski definition) is 3. The summed E-state index contributed by atoms with van der Waals surface area (Å²) in [5, 5.41) is 0.688. The molecule has 2 fully saturated rings. The number of nitrogens with two attached hydrogens (primary N) is 1. The van der Waals surface area contributed by atoms with Crippen LogP contribution in [0.5, 0.6) is 0 Å². The molecular formula is C12H16ClN3. The van der Waals surface area contributed by atoms with Crippen molar-refractivity contribution in [2.24, 2.45) is 5.92 Å². The zero-order valence-corrected chi connectivity index (χ0v) is 9.95. The molecule has 1 aromatic heterocycles. The maximum absolute atomic E-state index is 6.22. The minimum Gasteiger partial charge on any atom is -0.397 e. The fourth-order valence-electron chi connectivity index (χ4n) is 2.03. The quantitative estimate of drug-likeness (QED) is 0.876. The molecule has 16 heavy (non-hydrogen) atoms. The fourth-order valence-corrected chi connectivity index (χ4v) is 2.31. The van der Waals surface area contributed by atoms with E-state index in [1.54, 1.807) is 12.3 Å². The van der Waals surface area contributed by atoms with Gasteiger partial charge < -0.3 is 10.6 Å². The van der Waals surface area contributed by atoms with Crippen LogP contribution in [0, 0.1) is 5.92 Å². The van der Waals surface area contributed by atoms with E-state index in [1.807, 2.05) is 0 Å². The van der Waals surface area contributed by atoms with Gasteiger partial charge in [0.2, 0.25) is 0 Å². The first kappa shape index (κ1) is 10.2. The van der Waals surface area contributed by atoms with Gasteiger partial charge in [0.15, 0.2) is 0 Å². The van der Waals surface area contributed by atoms with Gasteiger partial charge in [-0.1, -0.05) is 11.6 Å². The van der Waals surface area contributed by atoms with Gasteiger partial charge in [0.1, 0.15) is 5.82 Å². The summed E-state index contributed by atoms with van der Waals surface area (Å²) in [5.41, 5.74) is 6.30. The van der Waals surface area contributed by atoms with E-state index in [2.05, 4.69) is 9.88 Å². The number of anilines is 2. The molecule has 0 radical (unpaired) electrons. The van der Waals surface area contributed by atoms with Gasteiger partial charge >= 0.3 is 0 Å². The lowest BCUT2D eigenvalue weighted by atomic mass is 10.3. The van der Waals surface area contributed by atoms with Crippen LogP contribution >= 0.6 is 11.6 Å². The zero-order valence-electron chi connectivity index (χ0n) is 9.19. The highest BCUT2D eigenvalue weighted by Crippen LogP contribution is 2.39. The van der Waals surface area contributed by atoms with Gasteiger partial charge in [-0.15, -0.1) is 0 Å². The molecule has 0 saturated heterocycles.